The molecule has 0 radical (unpaired) electrons. The standard InChI is InChI=1S/C13H10BrClN2O/c1-8-2-3-9(14)6-11(8)17-13(18)12-7-10(15)4-5-16-12/h2-7H,1H3,(H,17,18). The predicted octanol–water partition coefficient (Wildman–Crippen LogP) is 4.06. The molecule has 0 aliphatic heterocycles. The molecular weight excluding hydrogens is 316 g/mol. The molecule has 0 saturated heterocycles. The van der Waals surface area contributed by atoms with Gasteiger partial charge in [0.15, 0.2) is 0 Å². The van der Waals surface area contributed by atoms with Crippen LogP contribution in [0.5, 0.6) is 0 Å². The van der Waals surface area contributed by atoms with Gasteiger partial charge in [0.25, 0.3) is 5.91 Å². The Labute approximate surface area is 118 Å². The number of aromatic nitrogens is 1. The van der Waals surface area contributed by atoms with Gasteiger partial charge in [0.1, 0.15) is 5.69 Å². The van der Waals surface area contributed by atoms with Crippen molar-refractivity contribution in [3.63, 3.8) is 0 Å². The van der Waals surface area contributed by atoms with Crippen LogP contribution in [0.25, 0.3) is 0 Å². The first kappa shape index (κ1) is 13.1. The van der Waals surface area contributed by atoms with Gasteiger partial charge in [0.2, 0.25) is 0 Å². The summed E-state index contributed by atoms with van der Waals surface area (Å²) in [4.78, 5) is 16.0. The Balaban J connectivity index is 2.24. The first-order valence-corrected chi connectivity index (χ1v) is 6.42. The van der Waals surface area contributed by atoms with Gasteiger partial charge in [-0.2, -0.15) is 0 Å². The molecule has 0 aliphatic rings. The second-order valence-electron chi connectivity index (χ2n) is 3.77. The molecule has 0 spiro atoms. The number of halogens is 2. The predicted molar refractivity (Wildman–Crippen MR) is 76.1 cm³/mol. The topological polar surface area (TPSA) is 42.0 Å². The Morgan fingerprint density at radius 3 is 2.83 bits per heavy atom. The summed E-state index contributed by atoms with van der Waals surface area (Å²) in [6.45, 7) is 1.92. The van der Waals surface area contributed by atoms with Gasteiger partial charge in [0.05, 0.1) is 0 Å². The summed E-state index contributed by atoms with van der Waals surface area (Å²) < 4.78 is 0.905. The minimum atomic E-state index is -0.279. The van der Waals surface area contributed by atoms with Crippen LogP contribution in [0.2, 0.25) is 5.02 Å². The molecule has 0 unspecified atom stereocenters. The fourth-order valence-electron chi connectivity index (χ4n) is 1.44. The van der Waals surface area contributed by atoms with Gasteiger partial charge < -0.3 is 5.32 Å². The number of carbonyl (C=O) groups is 1. The fraction of sp³-hybridized carbons (Fsp3) is 0.0769. The summed E-state index contributed by atoms with van der Waals surface area (Å²) in [6.07, 6.45) is 1.50. The minimum absolute atomic E-state index is 0.279. The molecule has 1 heterocycles. The average molecular weight is 326 g/mol. The van der Waals surface area contributed by atoms with E-state index < -0.39 is 0 Å². The highest BCUT2D eigenvalue weighted by Crippen LogP contribution is 2.21. The molecule has 1 aromatic carbocycles. The van der Waals surface area contributed by atoms with Crippen molar-refractivity contribution < 1.29 is 4.79 Å². The lowest BCUT2D eigenvalue weighted by molar-refractivity contribution is 0.102. The number of benzene rings is 1. The SMILES string of the molecule is Cc1ccc(Br)cc1NC(=O)c1cc(Cl)ccn1. The number of aryl methyl sites for hydroxylation is 1. The number of anilines is 1. The number of rotatable bonds is 2. The van der Waals surface area contributed by atoms with Gasteiger partial charge in [-0.1, -0.05) is 33.6 Å². The van der Waals surface area contributed by atoms with E-state index in [1.807, 2.05) is 25.1 Å². The molecule has 1 aromatic heterocycles. The van der Waals surface area contributed by atoms with Crippen LogP contribution in [-0.4, -0.2) is 10.9 Å². The number of nitrogens with one attached hydrogen (secondary N) is 1. The van der Waals surface area contributed by atoms with Crippen molar-refractivity contribution in [1.82, 2.24) is 4.98 Å². The summed E-state index contributed by atoms with van der Waals surface area (Å²) in [5, 5.41) is 3.29. The molecule has 0 saturated carbocycles. The zero-order valence-corrected chi connectivity index (χ0v) is 11.9. The van der Waals surface area contributed by atoms with Crippen molar-refractivity contribution in [1.29, 1.82) is 0 Å². The summed E-state index contributed by atoms with van der Waals surface area (Å²) in [5.41, 5.74) is 2.02. The van der Waals surface area contributed by atoms with E-state index in [1.54, 1.807) is 6.07 Å². The Kier molecular flexibility index (Phi) is 3.99. The quantitative estimate of drug-likeness (QED) is 0.905. The lowest BCUT2D eigenvalue weighted by Crippen LogP contribution is -2.14. The first-order chi connectivity index (χ1) is 8.56. The van der Waals surface area contributed by atoms with Crippen LogP contribution in [0.1, 0.15) is 16.1 Å². The van der Waals surface area contributed by atoms with Crippen LogP contribution >= 0.6 is 27.5 Å². The highest BCUT2D eigenvalue weighted by Gasteiger charge is 2.09. The van der Waals surface area contributed by atoms with Gasteiger partial charge in [-0.25, -0.2) is 0 Å². The molecule has 1 amide bonds. The van der Waals surface area contributed by atoms with Crippen molar-refractivity contribution in [2.75, 3.05) is 5.32 Å². The van der Waals surface area contributed by atoms with Gasteiger partial charge in [0, 0.05) is 21.4 Å². The monoisotopic (exact) mass is 324 g/mol. The molecule has 2 aromatic rings. The zero-order valence-electron chi connectivity index (χ0n) is 9.58. The smallest absolute Gasteiger partial charge is 0.274 e. The van der Waals surface area contributed by atoms with Crippen molar-refractivity contribution in [3.8, 4) is 0 Å². The van der Waals surface area contributed by atoms with Gasteiger partial charge in [-0.3, -0.25) is 9.78 Å². The first-order valence-electron chi connectivity index (χ1n) is 5.25. The number of hydrogen-bond donors (Lipinski definition) is 1. The van der Waals surface area contributed by atoms with E-state index in [0.29, 0.717) is 10.7 Å². The van der Waals surface area contributed by atoms with Gasteiger partial charge in [-0.05, 0) is 36.8 Å². The molecule has 3 nitrogen and oxygen atoms in total. The molecule has 18 heavy (non-hydrogen) atoms. The normalized spacial score (nSPS) is 10.2. The summed E-state index contributed by atoms with van der Waals surface area (Å²) in [7, 11) is 0. The lowest BCUT2D eigenvalue weighted by Gasteiger charge is -2.08. The minimum Gasteiger partial charge on any atom is -0.320 e. The number of nitrogens with zero attached hydrogens (tertiary/aromatic N) is 1. The maximum absolute atomic E-state index is 12.0. The van der Waals surface area contributed by atoms with Crippen LogP contribution < -0.4 is 5.32 Å². The second-order valence-corrected chi connectivity index (χ2v) is 5.12. The highest BCUT2D eigenvalue weighted by molar-refractivity contribution is 9.10. The Morgan fingerprint density at radius 1 is 1.33 bits per heavy atom. The van der Waals surface area contributed by atoms with E-state index in [0.717, 1.165) is 15.7 Å². The molecule has 0 bridgehead atoms. The average Bonchev–Trinajstić information content (AvgIpc) is 2.34. The zero-order chi connectivity index (χ0) is 13.1. The summed E-state index contributed by atoms with van der Waals surface area (Å²) in [6, 6.07) is 8.85. The number of pyridine rings is 1. The van der Waals surface area contributed by atoms with Crippen LogP contribution in [0.3, 0.4) is 0 Å². The van der Waals surface area contributed by atoms with E-state index >= 15 is 0 Å². The third kappa shape index (κ3) is 3.09. The van der Waals surface area contributed by atoms with E-state index in [9.17, 15) is 4.79 Å². The molecule has 5 heteroatoms. The Bertz CT molecular complexity index is 601. The molecule has 0 atom stereocenters. The summed E-state index contributed by atoms with van der Waals surface area (Å²) >= 11 is 9.19. The summed E-state index contributed by atoms with van der Waals surface area (Å²) in [5.74, 6) is -0.279. The van der Waals surface area contributed by atoms with Crippen LogP contribution in [0.4, 0.5) is 5.69 Å². The third-order valence-electron chi connectivity index (χ3n) is 2.40. The van der Waals surface area contributed by atoms with E-state index in [-0.39, 0.29) is 5.91 Å². The van der Waals surface area contributed by atoms with Crippen LogP contribution in [0, 0.1) is 6.92 Å². The largest absolute Gasteiger partial charge is 0.320 e. The molecule has 0 fully saturated rings. The molecule has 1 N–H and O–H groups in total. The van der Waals surface area contributed by atoms with Crippen LogP contribution in [0.15, 0.2) is 41.0 Å². The van der Waals surface area contributed by atoms with E-state index in [1.165, 1.54) is 12.3 Å². The van der Waals surface area contributed by atoms with E-state index in [4.69, 9.17) is 11.6 Å². The highest BCUT2D eigenvalue weighted by atomic mass is 79.9. The molecule has 92 valence electrons. The van der Waals surface area contributed by atoms with Crippen molar-refractivity contribution >= 4 is 39.1 Å². The van der Waals surface area contributed by atoms with Crippen LogP contribution in [-0.2, 0) is 0 Å². The molecule has 0 aliphatic carbocycles. The number of amides is 1. The third-order valence-corrected chi connectivity index (χ3v) is 3.13. The van der Waals surface area contributed by atoms with Crippen molar-refractivity contribution in [3.05, 3.63) is 57.3 Å². The number of hydrogen-bond acceptors (Lipinski definition) is 2. The van der Waals surface area contributed by atoms with Gasteiger partial charge in [-0.15, -0.1) is 0 Å². The second kappa shape index (κ2) is 5.50. The van der Waals surface area contributed by atoms with Gasteiger partial charge >= 0.3 is 0 Å². The Morgan fingerprint density at radius 2 is 2.11 bits per heavy atom. The maximum Gasteiger partial charge on any atom is 0.274 e. The van der Waals surface area contributed by atoms with Crippen molar-refractivity contribution in [2.24, 2.45) is 0 Å². The van der Waals surface area contributed by atoms with E-state index in [2.05, 4.69) is 26.2 Å². The maximum atomic E-state index is 12.0. The Hall–Kier alpha value is -1.39. The molecular formula is C13H10BrClN2O. The lowest BCUT2D eigenvalue weighted by atomic mass is 10.2. The van der Waals surface area contributed by atoms with Crippen molar-refractivity contribution in [2.45, 2.75) is 6.92 Å². The fourth-order valence-corrected chi connectivity index (χ4v) is 1.96. The molecule has 2 rings (SSSR count). The number of carbonyl (C=O) groups excluding carboxylic acids is 1.